The van der Waals surface area contributed by atoms with Crippen LogP contribution in [0.2, 0.25) is 0 Å². The molecule has 0 aliphatic heterocycles. The van der Waals surface area contributed by atoms with Gasteiger partial charge in [-0.2, -0.15) is 8.78 Å². The summed E-state index contributed by atoms with van der Waals surface area (Å²) in [6, 6.07) is 10.9. The predicted octanol–water partition coefficient (Wildman–Crippen LogP) is 4.14. The molecule has 9 heteroatoms. The van der Waals surface area contributed by atoms with Gasteiger partial charge in [0.25, 0.3) is 0 Å². The van der Waals surface area contributed by atoms with E-state index in [-0.39, 0.29) is 35.5 Å². The first-order valence-electron chi connectivity index (χ1n) is 9.16. The van der Waals surface area contributed by atoms with Gasteiger partial charge in [0.2, 0.25) is 0 Å². The fourth-order valence-corrected chi connectivity index (χ4v) is 2.84. The van der Waals surface area contributed by atoms with E-state index >= 15 is 0 Å². The number of ether oxygens (including phenoxy) is 3. The number of benzene rings is 2. The second kappa shape index (κ2) is 13.1. The predicted molar refractivity (Wildman–Crippen MR) is 125 cm³/mol. The van der Waals surface area contributed by atoms with Crippen LogP contribution in [-0.4, -0.2) is 40.4 Å². The fraction of sp³-hybridized carbons (Fsp3) is 0.381. The molecule has 0 spiro atoms. The number of methoxy groups -OCH3 is 2. The standard InChI is InChI=1S/C21H27F2N3O3.HI/c1-14-5-7-17(27-3)16(11-14)9-10-25-21(24-2)26-13-15-6-8-18(28-4)19(12-15)29-20(22)23;/h5-8,11-12,20H,9-10,13H2,1-4H3,(H2,24,25,26);1H. The molecule has 30 heavy (non-hydrogen) atoms. The zero-order valence-electron chi connectivity index (χ0n) is 17.5. The second-order valence-corrected chi connectivity index (χ2v) is 6.28. The molecule has 0 saturated carbocycles. The summed E-state index contributed by atoms with van der Waals surface area (Å²) < 4.78 is 40.1. The van der Waals surface area contributed by atoms with Gasteiger partial charge < -0.3 is 24.8 Å². The number of aryl methyl sites for hydroxylation is 1. The molecule has 2 N–H and O–H groups in total. The number of hydrogen-bond donors (Lipinski definition) is 2. The maximum Gasteiger partial charge on any atom is 0.387 e. The van der Waals surface area contributed by atoms with Crippen LogP contribution >= 0.6 is 24.0 Å². The zero-order valence-corrected chi connectivity index (χ0v) is 19.8. The Morgan fingerprint density at radius 1 is 1.00 bits per heavy atom. The Kier molecular flexibility index (Phi) is 11.2. The lowest BCUT2D eigenvalue weighted by Gasteiger charge is -2.15. The van der Waals surface area contributed by atoms with Crippen molar-refractivity contribution in [2.24, 2.45) is 4.99 Å². The normalized spacial score (nSPS) is 11.0. The van der Waals surface area contributed by atoms with Crippen molar-refractivity contribution in [1.82, 2.24) is 10.6 Å². The van der Waals surface area contributed by atoms with Crippen molar-refractivity contribution in [2.75, 3.05) is 27.8 Å². The first kappa shape index (κ1) is 25.7. The molecule has 0 heterocycles. The van der Waals surface area contributed by atoms with Gasteiger partial charge in [0.15, 0.2) is 17.5 Å². The highest BCUT2D eigenvalue weighted by Crippen LogP contribution is 2.29. The van der Waals surface area contributed by atoms with Gasteiger partial charge in [-0.3, -0.25) is 4.99 Å². The minimum Gasteiger partial charge on any atom is -0.496 e. The molecule has 0 atom stereocenters. The van der Waals surface area contributed by atoms with Gasteiger partial charge in [0.1, 0.15) is 5.75 Å². The number of aliphatic imine (C=N–C) groups is 1. The molecule has 0 bridgehead atoms. The summed E-state index contributed by atoms with van der Waals surface area (Å²) in [7, 11) is 4.73. The van der Waals surface area contributed by atoms with Crippen molar-refractivity contribution in [3.8, 4) is 17.2 Å². The molecular formula is C21H28F2IN3O3. The molecule has 0 radical (unpaired) electrons. The van der Waals surface area contributed by atoms with E-state index in [1.165, 1.54) is 18.7 Å². The SMILES string of the molecule is CN=C(NCCc1cc(C)ccc1OC)NCc1ccc(OC)c(OC(F)F)c1.I. The third-order valence-corrected chi connectivity index (χ3v) is 4.25. The second-order valence-electron chi connectivity index (χ2n) is 6.28. The Balaban J connectivity index is 0.00000450. The molecule has 166 valence electrons. The van der Waals surface area contributed by atoms with E-state index in [1.807, 2.05) is 19.1 Å². The van der Waals surface area contributed by atoms with E-state index in [1.54, 1.807) is 26.3 Å². The summed E-state index contributed by atoms with van der Waals surface area (Å²) in [4.78, 5) is 4.19. The molecule has 2 aromatic rings. The molecule has 0 aliphatic rings. The first-order valence-corrected chi connectivity index (χ1v) is 9.16. The molecule has 0 aromatic heterocycles. The van der Waals surface area contributed by atoms with Crippen LogP contribution in [0.1, 0.15) is 16.7 Å². The van der Waals surface area contributed by atoms with Crippen LogP contribution in [0.3, 0.4) is 0 Å². The van der Waals surface area contributed by atoms with Crippen molar-refractivity contribution in [2.45, 2.75) is 26.5 Å². The monoisotopic (exact) mass is 535 g/mol. The highest BCUT2D eigenvalue weighted by atomic mass is 127. The van der Waals surface area contributed by atoms with E-state index in [0.29, 0.717) is 19.0 Å². The van der Waals surface area contributed by atoms with Gasteiger partial charge in [0, 0.05) is 20.1 Å². The number of alkyl halides is 2. The van der Waals surface area contributed by atoms with Crippen LogP contribution in [0.5, 0.6) is 17.2 Å². The Hall–Kier alpha value is -2.30. The van der Waals surface area contributed by atoms with Crippen molar-refractivity contribution < 1.29 is 23.0 Å². The summed E-state index contributed by atoms with van der Waals surface area (Å²) in [5.74, 6) is 1.70. The van der Waals surface area contributed by atoms with E-state index in [4.69, 9.17) is 9.47 Å². The summed E-state index contributed by atoms with van der Waals surface area (Å²) >= 11 is 0. The van der Waals surface area contributed by atoms with Gasteiger partial charge in [-0.1, -0.05) is 23.8 Å². The minimum atomic E-state index is -2.92. The minimum absolute atomic E-state index is 0. The number of guanidine groups is 1. The largest absolute Gasteiger partial charge is 0.496 e. The molecule has 0 fully saturated rings. The molecule has 6 nitrogen and oxygen atoms in total. The Morgan fingerprint density at radius 3 is 2.33 bits per heavy atom. The van der Waals surface area contributed by atoms with Crippen LogP contribution in [0.4, 0.5) is 8.78 Å². The van der Waals surface area contributed by atoms with Gasteiger partial charge in [-0.05, 0) is 42.7 Å². The van der Waals surface area contributed by atoms with E-state index in [0.717, 1.165) is 23.3 Å². The number of nitrogens with one attached hydrogen (secondary N) is 2. The average Bonchev–Trinajstić information content (AvgIpc) is 2.70. The molecule has 0 aliphatic carbocycles. The van der Waals surface area contributed by atoms with Gasteiger partial charge in [-0.25, -0.2) is 0 Å². The van der Waals surface area contributed by atoms with Gasteiger partial charge in [0.05, 0.1) is 14.2 Å². The molecular weight excluding hydrogens is 507 g/mol. The van der Waals surface area contributed by atoms with Gasteiger partial charge >= 0.3 is 6.61 Å². The summed E-state index contributed by atoms with van der Waals surface area (Å²) in [5.41, 5.74) is 3.04. The quantitative estimate of drug-likeness (QED) is 0.287. The molecule has 0 saturated heterocycles. The smallest absolute Gasteiger partial charge is 0.387 e. The van der Waals surface area contributed by atoms with Crippen molar-refractivity contribution in [3.05, 3.63) is 53.1 Å². The topological polar surface area (TPSA) is 64.1 Å². The summed E-state index contributed by atoms with van der Waals surface area (Å²) in [6.07, 6.45) is 0.764. The third-order valence-electron chi connectivity index (χ3n) is 4.25. The Labute approximate surface area is 193 Å². The Bertz CT molecular complexity index is 835. The van der Waals surface area contributed by atoms with Crippen LogP contribution in [-0.2, 0) is 13.0 Å². The lowest BCUT2D eigenvalue weighted by molar-refractivity contribution is -0.0512. The highest BCUT2D eigenvalue weighted by molar-refractivity contribution is 14.0. The number of rotatable bonds is 9. The molecule has 2 rings (SSSR count). The van der Waals surface area contributed by atoms with Crippen LogP contribution < -0.4 is 24.8 Å². The number of halogens is 3. The summed E-state index contributed by atoms with van der Waals surface area (Å²) in [5, 5.41) is 6.39. The van der Waals surface area contributed by atoms with Crippen LogP contribution in [0.25, 0.3) is 0 Å². The molecule has 0 amide bonds. The van der Waals surface area contributed by atoms with E-state index < -0.39 is 6.61 Å². The van der Waals surface area contributed by atoms with Crippen LogP contribution in [0.15, 0.2) is 41.4 Å². The summed E-state index contributed by atoms with van der Waals surface area (Å²) in [6.45, 7) is 0.163. The van der Waals surface area contributed by atoms with Crippen LogP contribution in [0, 0.1) is 6.92 Å². The van der Waals surface area contributed by atoms with E-state index in [9.17, 15) is 8.78 Å². The first-order chi connectivity index (χ1) is 14.0. The van der Waals surface area contributed by atoms with Crippen molar-refractivity contribution in [3.63, 3.8) is 0 Å². The van der Waals surface area contributed by atoms with Crippen molar-refractivity contribution in [1.29, 1.82) is 0 Å². The zero-order chi connectivity index (χ0) is 21.2. The maximum atomic E-state index is 12.6. The van der Waals surface area contributed by atoms with Crippen molar-refractivity contribution >= 4 is 29.9 Å². The fourth-order valence-electron chi connectivity index (χ4n) is 2.84. The third kappa shape index (κ3) is 7.85. The average molecular weight is 535 g/mol. The molecule has 0 unspecified atom stereocenters. The maximum absolute atomic E-state index is 12.6. The van der Waals surface area contributed by atoms with Gasteiger partial charge in [-0.15, -0.1) is 24.0 Å². The number of hydrogen-bond acceptors (Lipinski definition) is 4. The lowest BCUT2D eigenvalue weighted by atomic mass is 10.1. The lowest BCUT2D eigenvalue weighted by Crippen LogP contribution is -2.37. The Morgan fingerprint density at radius 2 is 1.70 bits per heavy atom. The molecule has 2 aromatic carbocycles. The highest BCUT2D eigenvalue weighted by Gasteiger charge is 2.11. The number of nitrogens with zero attached hydrogens (tertiary/aromatic N) is 1. The van der Waals surface area contributed by atoms with E-state index in [2.05, 4.69) is 26.4 Å².